The van der Waals surface area contributed by atoms with Gasteiger partial charge >= 0.3 is 0 Å². The number of halogens is 2. The van der Waals surface area contributed by atoms with Crippen LogP contribution in [0, 0.1) is 17.0 Å². The molecule has 1 aromatic rings. The largest absolute Gasteiger partial charge is 0.355 e. The molecule has 0 radical (unpaired) electrons. The van der Waals surface area contributed by atoms with Crippen LogP contribution in [0.25, 0.3) is 0 Å². The Morgan fingerprint density at radius 1 is 1.26 bits per heavy atom. The number of rotatable bonds is 5. The molecule has 0 saturated heterocycles. The van der Waals surface area contributed by atoms with Crippen LogP contribution in [0.1, 0.15) is 24.8 Å². The van der Waals surface area contributed by atoms with E-state index in [1.807, 2.05) is 0 Å². The van der Waals surface area contributed by atoms with E-state index < -0.39 is 17.0 Å². The summed E-state index contributed by atoms with van der Waals surface area (Å²) in [5, 5.41) is 2.80. The second-order valence-corrected chi connectivity index (χ2v) is 5.12. The molecule has 0 spiro atoms. The first-order chi connectivity index (χ1) is 9.05. The summed E-state index contributed by atoms with van der Waals surface area (Å²) < 4.78 is 26.0. The number of carbonyl (C=O) groups excluding carboxylic acids is 1. The van der Waals surface area contributed by atoms with Crippen LogP contribution in [0.2, 0.25) is 0 Å². The zero-order chi connectivity index (χ0) is 13.9. The van der Waals surface area contributed by atoms with Gasteiger partial charge in [-0.1, -0.05) is 6.42 Å². The highest BCUT2D eigenvalue weighted by Crippen LogP contribution is 2.39. The van der Waals surface area contributed by atoms with Crippen LogP contribution in [0.3, 0.4) is 0 Å². The van der Waals surface area contributed by atoms with Gasteiger partial charge in [0.15, 0.2) is 0 Å². The number of carbonyl (C=O) groups is 1. The molecular formula is C14H18F2N2O. The Hall–Kier alpha value is -1.49. The number of hydrogen-bond acceptors (Lipinski definition) is 2. The fraction of sp³-hybridized carbons (Fsp3) is 0.500. The standard InChI is InChI=1S/C14H18F2N2O/c15-11-6-10(7-12(16)8-11)2-5-18-13(19)14(9-17)3-1-4-14/h6-8H,1-5,9,17H2,(H,18,19). The lowest BCUT2D eigenvalue weighted by Gasteiger charge is -2.39. The van der Waals surface area contributed by atoms with Gasteiger partial charge in [0.1, 0.15) is 11.6 Å². The van der Waals surface area contributed by atoms with Gasteiger partial charge in [-0.25, -0.2) is 8.78 Å². The van der Waals surface area contributed by atoms with E-state index in [0.717, 1.165) is 25.3 Å². The third-order valence-corrected chi connectivity index (χ3v) is 3.80. The Morgan fingerprint density at radius 3 is 2.37 bits per heavy atom. The van der Waals surface area contributed by atoms with E-state index in [1.165, 1.54) is 12.1 Å². The minimum absolute atomic E-state index is 0.0434. The van der Waals surface area contributed by atoms with Crippen LogP contribution in [0.4, 0.5) is 8.78 Å². The predicted octanol–water partition coefficient (Wildman–Crippen LogP) is 1.75. The Labute approximate surface area is 111 Å². The molecular weight excluding hydrogens is 250 g/mol. The Balaban J connectivity index is 1.84. The third-order valence-electron chi connectivity index (χ3n) is 3.80. The highest BCUT2D eigenvalue weighted by atomic mass is 19.1. The maximum atomic E-state index is 13.0. The molecule has 0 aliphatic heterocycles. The molecule has 1 amide bonds. The van der Waals surface area contributed by atoms with Crippen LogP contribution >= 0.6 is 0 Å². The topological polar surface area (TPSA) is 55.1 Å². The highest BCUT2D eigenvalue weighted by Gasteiger charge is 2.42. The fourth-order valence-corrected chi connectivity index (χ4v) is 2.39. The maximum absolute atomic E-state index is 13.0. The molecule has 1 aliphatic carbocycles. The molecule has 2 rings (SSSR count). The lowest BCUT2D eigenvalue weighted by Crippen LogP contribution is -2.50. The first kappa shape index (κ1) is 13.9. The van der Waals surface area contributed by atoms with E-state index in [0.29, 0.717) is 25.1 Å². The predicted molar refractivity (Wildman–Crippen MR) is 68.4 cm³/mol. The number of nitrogens with one attached hydrogen (secondary N) is 1. The van der Waals surface area contributed by atoms with E-state index in [4.69, 9.17) is 5.73 Å². The monoisotopic (exact) mass is 268 g/mol. The minimum atomic E-state index is -0.598. The van der Waals surface area contributed by atoms with Crippen LogP contribution in [0.15, 0.2) is 18.2 Å². The van der Waals surface area contributed by atoms with Crippen molar-refractivity contribution in [1.29, 1.82) is 0 Å². The van der Waals surface area contributed by atoms with E-state index in [9.17, 15) is 13.6 Å². The number of hydrogen-bond donors (Lipinski definition) is 2. The van der Waals surface area contributed by atoms with Gasteiger partial charge < -0.3 is 11.1 Å². The van der Waals surface area contributed by atoms with Crippen molar-refractivity contribution < 1.29 is 13.6 Å². The third kappa shape index (κ3) is 3.10. The normalized spacial score (nSPS) is 16.8. The van der Waals surface area contributed by atoms with Gasteiger partial charge in [0.25, 0.3) is 0 Å². The molecule has 19 heavy (non-hydrogen) atoms. The van der Waals surface area contributed by atoms with E-state index >= 15 is 0 Å². The lowest BCUT2D eigenvalue weighted by molar-refractivity contribution is -0.135. The summed E-state index contributed by atoms with van der Waals surface area (Å²) in [6.07, 6.45) is 3.08. The summed E-state index contributed by atoms with van der Waals surface area (Å²) in [7, 11) is 0. The molecule has 0 bridgehead atoms. The first-order valence-electron chi connectivity index (χ1n) is 6.49. The van der Waals surface area contributed by atoms with Gasteiger partial charge in [-0.05, 0) is 37.0 Å². The summed E-state index contributed by atoms with van der Waals surface area (Å²) in [6, 6.07) is 3.38. The smallest absolute Gasteiger partial charge is 0.227 e. The zero-order valence-electron chi connectivity index (χ0n) is 10.7. The van der Waals surface area contributed by atoms with Crippen LogP contribution in [-0.4, -0.2) is 19.0 Å². The van der Waals surface area contributed by atoms with Crippen molar-refractivity contribution >= 4 is 5.91 Å². The minimum Gasteiger partial charge on any atom is -0.355 e. The number of amides is 1. The molecule has 0 atom stereocenters. The molecule has 3 N–H and O–H groups in total. The number of nitrogens with two attached hydrogens (primary N) is 1. The van der Waals surface area contributed by atoms with E-state index in [1.54, 1.807) is 0 Å². The molecule has 1 fully saturated rings. The van der Waals surface area contributed by atoms with Gasteiger partial charge in [-0.2, -0.15) is 0 Å². The quantitative estimate of drug-likeness (QED) is 0.855. The van der Waals surface area contributed by atoms with Crippen LogP contribution in [-0.2, 0) is 11.2 Å². The zero-order valence-corrected chi connectivity index (χ0v) is 10.7. The van der Waals surface area contributed by atoms with Crippen molar-refractivity contribution in [3.05, 3.63) is 35.4 Å². The maximum Gasteiger partial charge on any atom is 0.227 e. The molecule has 0 aromatic heterocycles. The van der Waals surface area contributed by atoms with E-state index in [2.05, 4.69) is 5.32 Å². The first-order valence-corrected chi connectivity index (χ1v) is 6.49. The molecule has 0 unspecified atom stereocenters. The van der Waals surface area contributed by atoms with Gasteiger partial charge in [0.05, 0.1) is 5.41 Å². The average Bonchev–Trinajstić information content (AvgIpc) is 2.26. The molecule has 3 nitrogen and oxygen atoms in total. The average molecular weight is 268 g/mol. The van der Waals surface area contributed by atoms with Gasteiger partial charge in [0, 0.05) is 19.2 Å². The Bertz CT molecular complexity index is 447. The van der Waals surface area contributed by atoms with Crippen molar-refractivity contribution in [3.63, 3.8) is 0 Å². The molecule has 1 aromatic carbocycles. The molecule has 1 aliphatic rings. The second-order valence-electron chi connectivity index (χ2n) is 5.12. The van der Waals surface area contributed by atoms with Gasteiger partial charge in [-0.3, -0.25) is 4.79 Å². The van der Waals surface area contributed by atoms with Crippen LogP contribution in [0.5, 0.6) is 0 Å². The fourth-order valence-electron chi connectivity index (χ4n) is 2.39. The Morgan fingerprint density at radius 2 is 1.89 bits per heavy atom. The highest BCUT2D eigenvalue weighted by molar-refractivity contribution is 5.83. The number of benzene rings is 1. The summed E-state index contributed by atoms with van der Waals surface area (Å²) in [5.41, 5.74) is 5.76. The summed E-state index contributed by atoms with van der Waals surface area (Å²) in [4.78, 5) is 12.0. The van der Waals surface area contributed by atoms with Crippen molar-refractivity contribution in [1.82, 2.24) is 5.32 Å². The van der Waals surface area contributed by atoms with Crippen molar-refractivity contribution in [2.75, 3.05) is 13.1 Å². The second kappa shape index (κ2) is 5.65. The van der Waals surface area contributed by atoms with Crippen LogP contribution < -0.4 is 11.1 Å². The molecule has 104 valence electrons. The van der Waals surface area contributed by atoms with Crippen molar-refractivity contribution in [2.45, 2.75) is 25.7 Å². The molecule has 1 saturated carbocycles. The SMILES string of the molecule is NCC1(C(=O)NCCc2cc(F)cc(F)c2)CCC1. The summed E-state index contributed by atoms with van der Waals surface area (Å²) in [6.45, 7) is 0.719. The lowest BCUT2D eigenvalue weighted by atomic mass is 9.68. The van der Waals surface area contributed by atoms with Gasteiger partial charge in [-0.15, -0.1) is 0 Å². The van der Waals surface area contributed by atoms with Crippen molar-refractivity contribution in [3.8, 4) is 0 Å². The molecule has 5 heteroatoms. The van der Waals surface area contributed by atoms with E-state index in [-0.39, 0.29) is 5.91 Å². The molecule has 0 heterocycles. The summed E-state index contributed by atoms with van der Waals surface area (Å²) in [5.74, 6) is -1.24. The van der Waals surface area contributed by atoms with Crippen molar-refractivity contribution in [2.24, 2.45) is 11.1 Å². The Kier molecular flexibility index (Phi) is 4.14. The van der Waals surface area contributed by atoms with Gasteiger partial charge in [0.2, 0.25) is 5.91 Å². The summed E-state index contributed by atoms with van der Waals surface area (Å²) >= 11 is 0.